The summed E-state index contributed by atoms with van der Waals surface area (Å²) in [6.07, 6.45) is -1.26. The zero-order valence-electron chi connectivity index (χ0n) is 6.36. The standard InChI is InChI=1S/C5H11NO5S/c7-2-4-12(10,11)3-1-6-5(8)9/h6-7H,1-4H2,(H,8,9). The van der Waals surface area contributed by atoms with E-state index in [1.54, 1.807) is 0 Å². The molecule has 0 aromatic rings. The maximum Gasteiger partial charge on any atom is 0.404 e. The molecule has 7 heteroatoms. The van der Waals surface area contributed by atoms with E-state index in [1.807, 2.05) is 5.32 Å². The second-order valence-electron chi connectivity index (χ2n) is 2.11. The number of carbonyl (C=O) groups is 1. The van der Waals surface area contributed by atoms with Gasteiger partial charge in [-0.25, -0.2) is 13.2 Å². The van der Waals surface area contributed by atoms with Crippen LogP contribution in [0.2, 0.25) is 0 Å². The van der Waals surface area contributed by atoms with E-state index in [1.165, 1.54) is 0 Å². The van der Waals surface area contributed by atoms with Crippen molar-refractivity contribution >= 4 is 15.9 Å². The van der Waals surface area contributed by atoms with Gasteiger partial charge in [-0.05, 0) is 0 Å². The molecule has 6 nitrogen and oxygen atoms in total. The molecule has 0 aliphatic heterocycles. The van der Waals surface area contributed by atoms with Crippen molar-refractivity contribution in [2.45, 2.75) is 0 Å². The van der Waals surface area contributed by atoms with Crippen molar-refractivity contribution in [1.82, 2.24) is 5.32 Å². The molecule has 0 aliphatic rings. The Kier molecular flexibility index (Phi) is 4.60. The van der Waals surface area contributed by atoms with E-state index in [0.717, 1.165) is 0 Å². The number of aliphatic hydroxyl groups excluding tert-OH is 1. The molecule has 0 spiro atoms. The number of carboxylic acid groups (broad SMARTS) is 1. The van der Waals surface area contributed by atoms with Gasteiger partial charge in [-0.3, -0.25) is 0 Å². The highest BCUT2D eigenvalue weighted by Crippen LogP contribution is 1.87. The lowest BCUT2D eigenvalue weighted by Crippen LogP contribution is -2.28. The van der Waals surface area contributed by atoms with Crippen molar-refractivity contribution in [2.24, 2.45) is 0 Å². The number of hydrogen-bond donors (Lipinski definition) is 3. The lowest BCUT2D eigenvalue weighted by atomic mass is 10.7. The van der Waals surface area contributed by atoms with E-state index in [0.29, 0.717) is 0 Å². The first-order valence-electron chi connectivity index (χ1n) is 3.26. The Morgan fingerprint density at radius 1 is 1.33 bits per heavy atom. The summed E-state index contributed by atoms with van der Waals surface area (Å²) < 4.78 is 21.6. The molecule has 72 valence electrons. The van der Waals surface area contributed by atoms with Crippen molar-refractivity contribution in [2.75, 3.05) is 24.7 Å². The van der Waals surface area contributed by atoms with Crippen molar-refractivity contribution in [1.29, 1.82) is 0 Å². The van der Waals surface area contributed by atoms with Crippen LogP contribution in [-0.4, -0.2) is 49.4 Å². The van der Waals surface area contributed by atoms with Crippen LogP contribution >= 0.6 is 0 Å². The first-order chi connectivity index (χ1) is 5.48. The van der Waals surface area contributed by atoms with E-state index in [2.05, 4.69) is 0 Å². The summed E-state index contributed by atoms with van der Waals surface area (Å²) in [4.78, 5) is 9.89. The average molecular weight is 197 g/mol. The van der Waals surface area contributed by atoms with E-state index >= 15 is 0 Å². The molecule has 0 aliphatic carbocycles. The molecule has 0 saturated carbocycles. The van der Waals surface area contributed by atoms with Gasteiger partial charge in [0.2, 0.25) is 0 Å². The molecule has 0 heterocycles. The summed E-state index contributed by atoms with van der Waals surface area (Å²) in [5, 5.41) is 18.3. The van der Waals surface area contributed by atoms with Gasteiger partial charge in [0.1, 0.15) is 0 Å². The number of rotatable bonds is 5. The van der Waals surface area contributed by atoms with Gasteiger partial charge < -0.3 is 15.5 Å². The highest BCUT2D eigenvalue weighted by molar-refractivity contribution is 7.91. The summed E-state index contributed by atoms with van der Waals surface area (Å²) in [6, 6.07) is 0. The summed E-state index contributed by atoms with van der Waals surface area (Å²) >= 11 is 0. The van der Waals surface area contributed by atoms with E-state index < -0.39 is 22.5 Å². The van der Waals surface area contributed by atoms with Crippen LogP contribution in [0.1, 0.15) is 0 Å². The average Bonchev–Trinajstić information content (AvgIpc) is 1.85. The zero-order valence-corrected chi connectivity index (χ0v) is 7.17. The largest absolute Gasteiger partial charge is 0.465 e. The summed E-state index contributed by atoms with van der Waals surface area (Å²) in [5.41, 5.74) is 0. The zero-order chi connectivity index (χ0) is 9.61. The maximum absolute atomic E-state index is 10.8. The molecule has 0 unspecified atom stereocenters. The Morgan fingerprint density at radius 3 is 2.33 bits per heavy atom. The highest BCUT2D eigenvalue weighted by Gasteiger charge is 2.09. The topological polar surface area (TPSA) is 104 Å². The van der Waals surface area contributed by atoms with Crippen molar-refractivity contribution in [3.05, 3.63) is 0 Å². The van der Waals surface area contributed by atoms with Gasteiger partial charge in [0.25, 0.3) is 0 Å². The van der Waals surface area contributed by atoms with E-state index in [9.17, 15) is 13.2 Å². The molecule has 0 fully saturated rings. The summed E-state index contributed by atoms with van der Waals surface area (Å²) in [6.45, 7) is -0.576. The van der Waals surface area contributed by atoms with Gasteiger partial charge >= 0.3 is 6.09 Å². The molecule has 0 aromatic heterocycles. The fourth-order valence-electron chi connectivity index (χ4n) is 0.555. The Bertz CT molecular complexity index is 234. The molecule has 0 atom stereocenters. The second kappa shape index (κ2) is 4.94. The van der Waals surface area contributed by atoms with Crippen LogP contribution in [0.25, 0.3) is 0 Å². The second-order valence-corrected chi connectivity index (χ2v) is 4.41. The van der Waals surface area contributed by atoms with Crippen LogP contribution in [0, 0.1) is 0 Å². The van der Waals surface area contributed by atoms with Crippen LogP contribution in [0.5, 0.6) is 0 Å². The predicted octanol–water partition coefficient (Wildman–Crippen LogP) is -1.34. The molecular formula is C5H11NO5S. The van der Waals surface area contributed by atoms with Crippen LogP contribution in [0.4, 0.5) is 4.79 Å². The minimum Gasteiger partial charge on any atom is -0.465 e. The third kappa shape index (κ3) is 5.93. The number of nitrogens with one attached hydrogen (secondary N) is 1. The first kappa shape index (κ1) is 11.2. The number of aliphatic hydroxyl groups is 1. The Balaban J connectivity index is 3.69. The smallest absolute Gasteiger partial charge is 0.404 e. The van der Waals surface area contributed by atoms with Gasteiger partial charge in [-0.2, -0.15) is 0 Å². The van der Waals surface area contributed by atoms with Crippen LogP contribution in [-0.2, 0) is 9.84 Å². The number of hydrogen-bond acceptors (Lipinski definition) is 4. The number of amides is 1. The summed E-state index contributed by atoms with van der Waals surface area (Å²) in [5.74, 6) is -0.603. The van der Waals surface area contributed by atoms with Gasteiger partial charge in [-0.15, -0.1) is 0 Å². The lowest BCUT2D eigenvalue weighted by Gasteiger charge is -2.01. The van der Waals surface area contributed by atoms with Crippen molar-refractivity contribution in [3.8, 4) is 0 Å². The minimum atomic E-state index is -3.30. The number of sulfone groups is 1. The molecule has 0 rings (SSSR count). The Labute approximate surface area is 70.1 Å². The molecule has 0 bridgehead atoms. The molecule has 0 saturated heterocycles. The minimum absolute atomic E-state index is 0.141. The van der Waals surface area contributed by atoms with Crippen LogP contribution < -0.4 is 5.32 Å². The quantitative estimate of drug-likeness (QED) is 0.506. The van der Waals surface area contributed by atoms with Crippen LogP contribution in [0.15, 0.2) is 0 Å². The molecule has 12 heavy (non-hydrogen) atoms. The van der Waals surface area contributed by atoms with E-state index in [4.69, 9.17) is 10.2 Å². The van der Waals surface area contributed by atoms with Gasteiger partial charge in [0, 0.05) is 6.54 Å². The van der Waals surface area contributed by atoms with Crippen molar-refractivity contribution < 1.29 is 23.4 Å². The summed E-state index contributed by atoms with van der Waals surface area (Å²) in [7, 11) is -3.30. The highest BCUT2D eigenvalue weighted by atomic mass is 32.2. The SMILES string of the molecule is O=C(O)NCCS(=O)(=O)CCO. The van der Waals surface area contributed by atoms with Gasteiger partial charge in [0.05, 0.1) is 18.1 Å². The normalized spacial score (nSPS) is 11.1. The van der Waals surface area contributed by atoms with E-state index in [-0.39, 0.29) is 18.1 Å². The Morgan fingerprint density at radius 2 is 1.92 bits per heavy atom. The molecule has 0 radical (unpaired) electrons. The fraction of sp³-hybridized carbons (Fsp3) is 0.800. The Hall–Kier alpha value is -0.820. The lowest BCUT2D eigenvalue weighted by molar-refractivity contribution is 0.195. The maximum atomic E-state index is 10.8. The fourth-order valence-corrected chi connectivity index (χ4v) is 1.45. The van der Waals surface area contributed by atoms with Gasteiger partial charge in [-0.1, -0.05) is 0 Å². The van der Waals surface area contributed by atoms with Crippen molar-refractivity contribution in [3.63, 3.8) is 0 Å². The molecule has 3 N–H and O–H groups in total. The third-order valence-corrected chi connectivity index (χ3v) is 2.72. The molecule has 1 amide bonds. The first-order valence-corrected chi connectivity index (χ1v) is 5.08. The molecule has 0 aromatic carbocycles. The third-order valence-electron chi connectivity index (χ3n) is 1.09. The van der Waals surface area contributed by atoms with Crippen LogP contribution in [0.3, 0.4) is 0 Å². The monoisotopic (exact) mass is 197 g/mol. The predicted molar refractivity (Wildman–Crippen MR) is 41.8 cm³/mol. The molecular weight excluding hydrogens is 186 g/mol. The van der Waals surface area contributed by atoms with Gasteiger partial charge in [0.15, 0.2) is 9.84 Å².